The number of hydrogen-bond donors (Lipinski definition) is 1. The topological polar surface area (TPSA) is 58.9 Å². The van der Waals surface area contributed by atoms with Crippen molar-refractivity contribution in [3.05, 3.63) is 12.5 Å². The van der Waals surface area contributed by atoms with Crippen molar-refractivity contribution in [2.45, 2.75) is 19.4 Å². The van der Waals surface area contributed by atoms with Gasteiger partial charge in [0.15, 0.2) is 5.65 Å². The van der Waals surface area contributed by atoms with Crippen LogP contribution in [0.15, 0.2) is 12.5 Å². The number of fused-ring (bicyclic) bond motifs is 1. The highest BCUT2D eigenvalue weighted by Gasteiger charge is 2.24. The van der Waals surface area contributed by atoms with Crippen molar-refractivity contribution < 1.29 is 0 Å². The molecule has 1 fully saturated rings. The molecule has 6 heteroatoms. The number of rotatable bonds is 3. The fraction of sp³-hybridized carbons (Fsp3) is 0.583. The maximum Gasteiger partial charge on any atom is 0.163 e. The third kappa shape index (κ3) is 1.73. The minimum absolute atomic E-state index is 0.522. The Labute approximate surface area is 106 Å². The SMILES string of the molecule is CCN(c1ncnc2c1cnn2C)C1CCNC1. The first kappa shape index (κ1) is 11.4. The molecule has 0 amide bonds. The van der Waals surface area contributed by atoms with Crippen molar-refractivity contribution in [2.75, 3.05) is 24.5 Å². The molecule has 3 rings (SSSR count). The predicted molar refractivity (Wildman–Crippen MR) is 70.6 cm³/mol. The van der Waals surface area contributed by atoms with Gasteiger partial charge in [0.2, 0.25) is 0 Å². The van der Waals surface area contributed by atoms with Gasteiger partial charge in [-0.15, -0.1) is 0 Å². The zero-order valence-electron chi connectivity index (χ0n) is 10.8. The normalized spacial score (nSPS) is 19.6. The lowest BCUT2D eigenvalue weighted by molar-refractivity contribution is 0.642. The molecule has 3 heterocycles. The van der Waals surface area contributed by atoms with Crippen LogP contribution < -0.4 is 10.2 Å². The summed E-state index contributed by atoms with van der Waals surface area (Å²) in [5.41, 5.74) is 0.893. The van der Waals surface area contributed by atoms with Crippen LogP contribution >= 0.6 is 0 Å². The van der Waals surface area contributed by atoms with Gasteiger partial charge in [-0.3, -0.25) is 4.68 Å². The van der Waals surface area contributed by atoms with E-state index in [0.29, 0.717) is 6.04 Å². The van der Waals surface area contributed by atoms with E-state index in [-0.39, 0.29) is 0 Å². The van der Waals surface area contributed by atoms with Crippen molar-refractivity contribution in [2.24, 2.45) is 7.05 Å². The fourth-order valence-electron chi connectivity index (χ4n) is 2.66. The van der Waals surface area contributed by atoms with E-state index in [9.17, 15) is 0 Å². The van der Waals surface area contributed by atoms with Gasteiger partial charge < -0.3 is 10.2 Å². The standard InChI is InChI=1S/C12H18N6/c1-3-18(9-4-5-13-6-9)12-10-7-16-17(2)11(10)14-8-15-12/h7-9,13H,3-6H2,1-2H3. The van der Waals surface area contributed by atoms with E-state index in [0.717, 1.165) is 36.5 Å². The van der Waals surface area contributed by atoms with Crippen LogP contribution in [0.3, 0.4) is 0 Å². The number of aryl methyl sites for hydroxylation is 1. The maximum atomic E-state index is 4.47. The first-order valence-corrected chi connectivity index (χ1v) is 6.41. The van der Waals surface area contributed by atoms with Crippen molar-refractivity contribution in [3.8, 4) is 0 Å². The monoisotopic (exact) mass is 246 g/mol. The Hall–Kier alpha value is -1.69. The molecule has 1 atom stereocenters. The average Bonchev–Trinajstić information content (AvgIpc) is 3.02. The van der Waals surface area contributed by atoms with Crippen LogP contribution in [0.4, 0.5) is 5.82 Å². The van der Waals surface area contributed by atoms with Gasteiger partial charge in [0.25, 0.3) is 0 Å². The second kappa shape index (κ2) is 4.53. The highest BCUT2D eigenvalue weighted by Crippen LogP contribution is 2.25. The van der Waals surface area contributed by atoms with E-state index in [1.54, 1.807) is 11.0 Å². The predicted octanol–water partition coefficient (Wildman–Crippen LogP) is 0.551. The van der Waals surface area contributed by atoms with E-state index in [2.05, 4.69) is 32.2 Å². The van der Waals surface area contributed by atoms with Gasteiger partial charge >= 0.3 is 0 Å². The molecular formula is C12H18N6. The molecule has 0 saturated carbocycles. The third-order valence-corrected chi connectivity index (χ3v) is 3.60. The molecule has 0 radical (unpaired) electrons. The zero-order valence-corrected chi connectivity index (χ0v) is 10.8. The molecule has 1 aliphatic rings. The fourth-order valence-corrected chi connectivity index (χ4v) is 2.66. The second-order valence-electron chi connectivity index (χ2n) is 4.64. The number of aromatic nitrogens is 4. The molecule has 0 bridgehead atoms. The lowest BCUT2D eigenvalue weighted by atomic mass is 10.2. The van der Waals surface area contributed by atoms with Gasteiger partial charge in [0, 0.05) is 26.2 Å². The minimum Gasteiger partial charge on any atom is -0.352 e. The average molecular weight is 246 g/mol. The summed E-state index contributed by atoms with van der Waals surface area (Å²) in [7, 11) is 1.91. The van der Waals surface area contributed by atoms with Crippen molar-refractivity contribution in [1.29, 1.82) is 0 Å². The number of anilines is 1. The van der Waals surface area contributed by atoms with E-state index in [1.807, 2.05) is 13.2 Å². The second-order valence-corrected chi connectivity index (χ2v) is 4.64. The van der Waals surface area contributed by atoms with Gasteiger partial charge in [-0.25, -0.2) is 9.97 Å². The van der Waals surface area contributed by atoms with Crippen LogP contribution in [-0.2, 0) is 7.05 Å². The molecule has 2 aromatic heterocycles. The molecule has 0 aliphatic carbocycles. The van der Waals surface area contributed by atoms with Gasteiger partial charge in [-0.05, 0) is 19.9 Å². The summed E-state index contributed by atoms with van der Waals surface area (Å²) in [6, 6.07) is 0.522. The Morgan fingerprint density at radius 1 is 1.50 bits per heavy atom. The Bertz CT molecular complexity index is 542. The first-order chi connectivity index (χ1) is 8.81. The number of likely N-dealkylation sites (N-methyl/N-ethyl adjacent to an activating group) is 1. The summed E-state index contributed by atoms with van der Waals surface area (Å²) in [5, 5.41) is 8.71. The van der Waals surface area contributed by atoms with E-state index in [4.69, 9.17) is 0 Å². The summed E-state index contributed by atoms with van der Waals surface area (Å²) in [6.45, 7) is 5.23. The number of nitrogens with zero attached hydrogens (tertiary/aromatic N) is 5. The molecule has 1 saturated heterocycles. The van der Waals surface area contributed by atoms with Crippen molar-refractivity contribution in [3.63, 3.8) is 0 Å². The molecule has 1 unspecified atom stereocenters. The van der Waals surface area contributed by atoms with Crippen LogP contribution in [0.1, 0.15) is 13.3 Å². The molecule has 1 aliphatic heterocycles. The van der Waals surface area contributed by atoms with Crippen LogP contribution in [0.25, 0.3) is 11.0 Å². The van der Waals surface area contributed by atoms with Crippen LogP contribution in [0.5, 0.6) is 0 Å². The minimum atomic E-state index is 0.522. The third-order valence-electron chi connectivity index (χ3n) is 3.60. The van der Waals surface area contributed by atoms with Gasteiger partial charge in [0.1, 0.15) is 12.1 Å². The quantitative estimate of drug-likeness (QED) is 0.857. The Kier molecular flexibility index (Phi) is 2.87. The van der Waals surface area contributed by atoms with E-state index >= 15 is 0 Å². The molecule has 0 spiro atoms. The molecule has 2 aromatic rings. The van der Waals surface area contributed by atoms with Gasteiger partial charge in [-0.1, -0.05) is 0 Å². The van der Waals surface area contributed by atoms with Crippen molar-refractivity contribution >= 4 is 16.9 Å². The zero-order chi connectivity index (χ0) is 12.5. The van der Waals surface area contributed by atoms with Crippen LogP contribution in [-0.4, -0.2) is 45.4 Å². The van der Waals surface area contributed by atoms with Crippen LogP contribution in [0.2, 0.25) is 0 Å². The summed E-state index contributed by atoms with van der Waals surface area (Å²) in [4.78, 5) is 11.1. The largest absolute Gasteiger partial charge is 0.352 e. The summed E-state index contributed by atoms with van der Waals surface area (Å²) < 4.78 is 1.79. The molecule has 96 valence electrons. The molecule has 1 N–H and O–H groups in total. The molecule has 18 heavy (non-hydrogen) atoms. The molecule has 6 nitrogen and oxygen atoms in total. The highest BCUT2D eigenvalue weighted by molar-refractivity contribution is 5.86. The van der Waals surface area contributed by atoms with Gasteiger partial charge in [-0.2, -0.15) is 5.10 Å². The van der Waals surface area contributed by atoms with Crippen molar-refractivity contribution in [1.82, 2.24) is 25.1 Å². The number of nitrogens with one attached hydrogen (secondary N) is 1. The Balaban J connectivity index is 2.06. The summed E-state index contributed by atoms with van der Waals surface area (Å²) in [6.07, 6.45) is 4.65. The highest BCUT2D eigenvalue weighted by atomic mass is 15.3. The lowest BCUT2D eigenvalue weighted by Crippen LogP contribution is -2.37. The summed E-state index contributed by atoms with van der Waals surface area (Å²) >= 11 is 0. The molecular weight excluding hydrogens is 228 g/mol. The lowest BCUT2D eigenvalue weighted by Gasteiger charge is -2.28. The first-order valence-electron chi connectivity index (χ1n) is 6.41. The molecule has 0 aromatic carbocycles. The van der Waals surface area contributed by atoms with E-state index in [1.165, 1.54) is 6.42 Å². The Morgan fingerprint density at radius 3 is 3.11 bits per heavy atom. The van der Waals surface area contributed by atoms with E-state index < -0.39 is 0 Å². The van der Waals surface area contributed by atoms with Crippen LogP contribution in [0, 0.1) is 0 Å². The van der Waals surface area contributed by atoms with Gasteiger partial charge in [0.05, 0.1) is 11.6 Å². The smallest absolute Gasteiger partial charge is 0.163 e. The number of hydrogen-bond acceptors (Lipinski definition) is 5. The maximum absolute atomic E-state index is 4.47. The summed E-state index contributed by atoms with van der Waals surface area (Å²) in [5.74, 6) is 1.00. The Morgan fingerprint density at radius 2 is 2.39 bits per heavy atom.